The van der Waals surface area contributed by atoms with Crippen LogP contribution in [0.2, 0.25) is 0 Å². The fourth-order valence-electron chi connectivity index (χ4n) is 3.46. The van der Waals surface area contributed by atoms with Crippen molar-refractivity contribution in [2.75, 3.05) is 27.2 Å². The van der Waals surface area contributed by atoms with Gasteiger partial charge in [-0.1, -0.05) is 61.5 Å². The van der Waals surface area contributed by atoms with Crippen LogP contribution in [0.1, 0.15) is 35.6 Å². The summed E-state index contributed by atoms with van der Waals surface area (Å²) in [6.45, 7) is 3.73. The predicted molar refractivity (Wildman–Crippen MR) is 124 cm³/mol. The highest BCUT2D eigenvalue weighted by Crippen LogP contribution is 2.35. The molecule has 0 atom stereocenters. The van der Waals surface area contributed by atoms with Gasteiger partial charge in [0.15, 0.2) is 0 Å². The summed E-state index contributed by atoms with van der Waals surface area (Å²) < 4.78 is 5.87. The Morgan fingerprint density at radius 3 is 1.97 bits per heavy atom. The maximum absolute atomic E-state index is 9.17. The lowest BCUT2D eigenvalue weighted by atomic mass is 9.88. The van der Waals surface area contributed by atoms with Crippen LogP contribution in [-0.2, 0) is 0 Å². The molecule has 0 saturated heterocycles. The van der Waals surface area contributed by atoms with Gasteiger partial charge in [-0.2, -0.15) is 5.26 Å². The van der Waals surface area contributed by atoms with E-state index >= 15 is 0 Å². The fraction of sp³-hybridized carbons (Fsp3) is 0.222. The second-order valence-corrected chi connectivity index (χ2v) is 7.44. The van der Waals surface area contributed by atoms with Gasteiger partial charge in [-0.25, -0.2) is 0 Å². The summed E-state index contributed by atoms with van der Waals surface area (Å²) in [7, 11) is 4.08. The molecule has 0 fully saturated rings. The van der Waals surface area contributed by atoms with Gasteiger partial charge in [0.1, 0.15) is 12.4 Å². The van der Waals surface area contributed by atoms with Crippen molar-refractivity contribution in [1.82, 2.24) is 4.90 Å². The summed E-state index contributed by atoms with van der Waals surface area (Å²) in [5.74, 6) is 0.873. The quantitative estimate of drug-likeness (QED) is 0.447. The molecule has 0 unspecified atom stereocenters. The highest BCUT2D eigenvalue weighted by Gasteiger charge is 2.13. The first-order valence-corrected chi connectivity index (χ1v) is 10.3. The first-order chi connectivity index (χ1) is 14.6. The largest absolute Gasteiger partial charge is 0.492 e. The van der Waals surface area contributed by atoms with Gasteiger partial charge in [0.25, 0.3) is 0 Å². The Morgan fingerprint density at radius 1 is 0.833 bits per heavy atom. The van der Waals surface area contributed by atoms with Crippen LogP contribution in [0.15, 0.2) is 78.9 Å². The zero-order chi connectivity index (χ0) is 21.3. The molecular weight excluding hydrogens is 368 g/mol. The molecule has 0 N–H and O–H groups in total. The molecule has 0 aliphatic rings. The number of rotatable bonds is 8. The Kier molecular flexibility index (Phi) is 7.43. The van der Waals surface area contributed by atoms with Crippen molar-refractivity contribution in [2.45, 2.75) is 13.3 Å². The highest BCUT2D eigenvalue weighted by atomic mass is 16.5. The molecule has 30 heavy (non-hydrogen) atoms. The molecule has 0 saturated carbocycles. The number of nitrogens with zero attached hydrogens (tertiary/aromatic N) is 2. The van der Waals surface area contributed by atoms with Crippen molar-refractivity contribution in [1.29, 1.82) is 5.26 Å². The van der Waals surface area contributed by atoms with Crippen molar-refractivity contribution < 1.29 is 4.74 Å². The molecule has 3 nitrogen and oxygen atoms in total. The molecular formula is C27H28N2O. The number of allylic oxidation sites excluding steroid dienone is 1. The molecule has 3 aromatic carbocycles. The van der Waals surface area contributed by atoms with Crippen molar-refractivity contribution in [3.63, 3.8) is 0 Å². The van der Waals surface area contributed by atoms with Gasteiger partial charge in [0, 0.05) is 6.54 Å². The summed E-state index contributed by atoms with van der Waals surface area (Å²) in [5.41, 5.74) is 6.59. The summed E-state index contributed by atoms with van der Waals surface area (Å²) in [4.78, 5) is 2.10. The van der Waals surface area contributed by atoms with Crippen LogP contribution in [0.5, 0.6) is 5.75 Å². The summed E-state index contributed by atoms with van der Waals surface area (Å²) >= 11 is 0. The van der Waals surface area contributed by atoms with E-state index < -0.39 is 0 Å². The van der Waals surface area contributed by atoms with E-state index in [9.17, 15) is 5.26 Å². The Bertz CT molecular complexity index is 1010. The van der Waals surface area contributed by atoms with Crippen molar-refractivity contribution in [3.8, 4) is 11.8 Å². The fourth-order valence-corrected chi connectivity index (χ4v) is 3.46. The highest BCUT2D eigenvalue weighted by molar-refractivity contribution is 5.98. The first kappa shape index (κ1) is 21.4. The molecule has 3 heteroatoms. The van der Waals surface area contributed by atoms with Crippen LogP contribution in [0.3, 0.4) is 0 Å². The molecule has 0 spiro atoms. The van der Waals surface area contributed by atoms with E-state index in [1.807, 2.05) is 56.6 Å². The van der Waals surface area contributed by atoms with E-state index in [1.54, 1.807) is 0 Å². The van der Waals surface area contributed by atoms with Gasteiger partial charge in [-0.15, -0.1) is 0 Å². The standard InChI is InChI=1S/C27H28N2O/c1-4-26(22-8-6-5-7-9-22)27(23-12-10-21(20-28)11-13-23)24-14-16-25(17-15-24)30-19-18-29(2)3/h5-17H,4,18-19H2,1-3H3/b27-26-. The third kappa shape index (κ3) is 5.37. The zero-order valence-electron chi connectivity index (χ0n) is 17.9. The van der Waals surface area contributed by atoms with Crippen molar-refractivity contribution in [3.05, 3.63) is 101 Å². The lowest BCUT2D eigenvalue weighted by Gasteiger charge is -2.17. The third-order valence-electron chi connectivity index (χ3n) is 5.03. The van der Waals surface area contributed by atoms with Gasteiger partial charge in [0.05, 0.1) is 11.6 Å². The van der Waals surface area contributed by atoms with Crippen LogP contribution < -0.4 is 4.74 Å². The van der Waals surface area contributed by atoms with E-state index in [0.717, 1.165) is 29.8 Å². The van der Waals surface area contributed by atoms with E-state index in [1.165, 1.54) is 16.7 Å². The van der Waals surface area contributed by atoms with Crippen LogP contribution in [-0.4, -0.2) is 32.1 Å². The average molecular weight is 397 g/mol. The van der Waals surface area contributed by atoms with Crippen LogP contribution in [0, 0.1) is 11.3 Å². The van der Waals surface area contributed by atoms with E-state index in [2.05, 4.69) is 54.3 Å². The van der Waals surface area contributed by atoms with Gasteiger partial charge >= 0.3 is 0 Å². The van der Waals surface area contributed by atoms with Crippen molar-refractivity contribution >= 4 is 11.1 Å². The van der Waals surface area contributed by atoms with E-state index in [-0.39, 0.29) is 0 Å². The number of hydrogen-bond donors (Lipinski definition) is 0. The second-order valence-electron chi connectivity index (χ2n) is 7.44. The lowest BCUT2D eigenvalue weighted by Crippen LogP contribution is -2.19. The smallest absolute Gasteiger partial charge is 0.119 e. The Labute approximate surface area is 179 Å². The average Bonchev–Trinajstić information content (AvgIpc) is 2.78. The molecule has 0 aromatic heterocycles. The maximum atomic E-state index is 9.17. The summed E-state index contributed by atoms with van der Waals surface area (Å²) in [6, 6.07) is 28.8. The normalized spacial score (nSPS) is 11.7. The zero-order valence-corrected chi connectivity index (χ0v) is 17.9. The van der Waals surface area contributed by atoms with Crippen LogP contribution >= 0.6 is 0 Å². The third-order valence-corrected chi connectivity index (χ3v) is 5.03. The maximum Gasteiger partial charge on any atom is 0.119 e. The number of nitriles is 1. The number of hydrogen-bond acceptors (Lipinski definition) is 3. The predicted octanol–water partition coefficient (Wildman–Crippen LogP) is 5.87. The van der Waals surface area contributed by atoms with Gasteiger partial charge in [0.2, 0.25) is 0 Å². The molecule has 152 valence electrons. The molecule has 0 aliphatic carbocycles. The monoisotopic (exact) mass is 396 g/mol. The molecule has 0 amide bonds. The minimum Gasteiger partial charge on any atom is -0.492 e. The molecule has 3 rings (SSSR count). The number of benzene rings is 3. The van der Waals surface area contributed by atoms with E-state index in [4.69, 9.17) is 4.74 Å². The first-order valence-electron chi connectivity index (χ1n) is 10.3. The summed E-state index contributed by atoms with van der Waals surface area (Å²) in [5, 5.41) is 9.17. The Morgan fingerprint density at radius 2 is 1.43 bits per heavy atom. The van der Waals surface area contributed by atoms with Crippen LogP contribution in [0.25, 0.3) is 11.1 Å². The molecule has 0 aliphatic heterocycles. The molecule has 0 bridgehead atoms. The molecule has 0 heterocycles. The molecule has 3 aromatic rings. The van der Waals surface area contributed by atoms with Crippen LogP contribution in [0.4, 0.5) is 0 Å². The van der Waals surface area contributed by atoms with Gasteiger partial charge < -0.3 is 9.64 Å². The van der Waals surface area contributed by atoms with Gasteiger partial charge in [-0.3, -0.25) is 0 Å². The molecule has 0 radical (unpaired) electrons. The van der Waals surface area contributed by atoms with Gasteiger partial charge in [-0.05, 0) is 72.6 Å². The minimum atomic E-state index is 0.662. The topological polar surface area (TPSA) is 36.3 Å². The van der Waals surface area contributed by atoms with E-state index in [0.29, 0.717) is 12.2 Å². The Hall–Kier alpha value is -3.35. The Balaban J connectivity index is 2.03. The number of ether oxygens (including phenoxy) is 1. The summed E-state index contributed by atoms with van der Waals surface area (Å²) in [6.07, 6.45) is 0.903. The van der Waals surface area contributed by atoms with Crippen molar-refractivity contribution in [2.24, 2.45) is 0 Å². The number of likely N-dealkylation sites (N-methyl/N-ethyl adjacent to an activating group) is 1. The second kappa shape index (κ2) is 10.4. The lowest BCUT2D eigenvalue weighted by molar-refractivity contribution is 0.261. The SMILES string of the molecule is CC/C(=C(\c1ccc(C#N)cc1)c1ccc(OCCN(C)C)cc1)c1ccccc1. The minimum absolute atomic E-state index is 0.662.